The van der Waals surface area contributed by atoms with Crippen LogP contribution in [-0.2, 0) is 0 Å². The average molecular weight is 279 g/mol. The molecule has 0 radical (unpaired) electrons. The Kier molecular flexibility index (Phi) is 5.38. The van der Waals surface area contributed by atoms with Crippen molar-refractivity contribution in [1.29, 1.82) is 0 Å². The number of aromatic nitrogens is 1. The number of amides is 1. The summed E-state index contributed by atoms with van der Waals surface area (Å²) in [5.74, 6) is 0.754. The summed E-state index contributed by atoms with van der Waals surface area (Å²) in [5, 5.41) is 0.432. The van der Waals surface area contributed by atoms with Crippen molar-refractivity contribution < 1.29 is 4.79 Å². The predicted molar refractivity (Wildman–Crippen MR) is 69.6 cm³/mol. The van der Waals surface area contributed by atoms with Crippen LogP contribution in [0, 0.1) is 0 Å². The molecule has 0 fully saturated rings. The highest BCUT2D eigenvalue weighted by molar-refractivity contribution is 7.98. The molecule has 0 aromatic carbocycles. The zero-order valence-corrected chi connectivity index (χ0v) is 11.4. The van der Waals surface area contributed by atoms with E-state index in [9.17, 15) is 4.79 Å². The lowest BCUT2D eigenvalue weighted by Crippen LogP contribution is -2.29. The molecular weight excluding hydrogens is 267 g/mol. The summed E-state index contributed by atoms with van der Waals surface area (Å²) in [6.45, 7) is 0.680. The van der Waals surface area contributed by atoms with Crippen LogP contribution in [0.5, 0.6) is 0 Å². The standard InChI is InChI=1S/C10H12Cl2N2OS/c1-14(5-6-16-2)10(15)7-3-4-8(11)13-9(7)12/h3-4H,5-6H2,1-2H3. The highest BCUT2D eigenvalue weighted by atomic mass is 35.5. The molecule has 16 heavy (non-hydrogen) atoms. The van der Waals surface area contributed by atoms with Crippen molar-refractivity contribution in [3.8, 4) is 0 Å². The summed E-state index contributed by atoms with van der Waals surface area (Å²) in [5.41, 5.74) is 0.384. The fourth-order valence-electron chi connectivity index (χ4n) is 1.11. The molecule has 1 amide bonds. The smallest absolute Gasteiger partial charge is 0.256 e. The Morgan fingerprint density at radius 1 is 1.50 bits per heavy atom. The van der Waals surface area contributed by atoms with Crippen molar-refractivity contribution in [2.24, 2.45) is 0 Å². The van der Waals surface area contributed by atoms with E-state index in [2.05, 4.69) is 4.98 Å². The third kappa shape index (κ3) is 3.54. The Labute approximate surface area is 109 Å². The summed E-state index contributed by atoms with van der Waals surface area (Å²) in [4.78, 5) is 17.4. The van der Waals surface area contributed by atoms with E-state index in [0.717, 1.165) is 5.75 Å². The van der Waals surface area contributed by atoms with Crippen molar-refractivity contribution in [3.63, 3.8) is 0 Å². The summed E-state index contributed by atoms with van der Waals surface area (Å²) in [6.07, 6.45) is 2.00. The Hall–Kier alpha value is -0.450. The Balaban J connectivity index is 2.79. The minimum atomic E-state index is -0.136. The summed E-state index contributed by atoms with van der Waals surface area (Å²) >= 11 is 13.2. The van der Waals surface area contributed by atoms with Crippen molar-refractivity contribution in [1.82, 2.24) is 9.88 Å². The van der Waals surface area contributed by atoms with Gasteiger partial charge in [0.25, 0.3) is 5.91 Å². The van der Waals surface area contributed by atoms with Gasteiger partial charge in [0, 0.05) is 19.3 Å². The molecule has 1 aromatic heterocycles. The van der Waals surface area contributed by atoms with E-state index in [-0.39, 0.29) is 16.2 Å². The minimum absolute atomic E-state index is 0.136. The number of hydrogen-bond acceptors (Lipinski definition) is 3. The molecule has 0 aliphatic rings. The largest absolute Gasteiger partial charge is 0.341 e. The lowest BCUT2D eigenvalue weighted by atomic mass is 10.2. The Bertz CT molecular complexity index is 387. The normalized spacial score (nSPS) is 10.2. The number of halogens is 2. The number of carbonyl (C=O) groups is 1. The fourth-order valence-corrected chi connectivity index (χ4v) is 1.99. The zero-order chi connectivity index (χ0) is 12.1. The van der Waals surface area contributed by atoms with Gasteiger partial charge in [0.2, 0.25) is 0 Å². The van der Waals surface area contributed by atoms with Gasteiger partial charge in [0.1, 0.15) is 10.3 Å². The molecule has 0 aliphatic heterocycles. The van der Waals surface area contributed by atoms with Gasteiger partial charge in [-0.15, -0.1) is 0 Å². The van der Waals surface area contributed by atoms with E-state index >= 15 is 0 Å². The second kappa shape index (κ2) is 6.33. The van der Waals surface area contributed by atoms with Gasteiger partial charge in [0.05, 0.1) is 5.56 Å². The fraction of sp³-hybridized carbons (Fsp3) is 0.400. The van der Waals surface area contributed by atoms with Crippen LogP contribution in [0.4, 0.5) is 0 Å². The van der Waals surface area contributed by atoms with E-state index in [4.69, 9.17) is 23.2 Å². The third-order valence-electron chi connectivity index (χ3n) is 2.02. The Morgan fingerprint density at radius 3 is 2.75 bits per heavy atom. The highest BCUT2D eigenvalue weighted by Crippen LogP contribution is 2.18. The SMILES string of the molecule is CSCCN(C)C(=O)c1ccc(Cl)nc1Cl. The first-order valence-corrected chi connectivity index (χ1v) is 6.77. The highest BCUT2D eigenvalue weighted by Gasteiger charge is 2.15. The first-order valence-electron chi connectivity index (χ1n) is 4.62. The number of pyridine rings is 1. The van der Waals surface area contributed by atoms with Gasteiger partial charge in [-0.05, 0) is 18.4 Å². The number of rotatable bonds is 4. The first kappa shape index (κ1) is 13.6. The number of carbonyl (C=O) groups excluding carboxylic acids is 1. The van der Waals surface area contributed by atoms with Gasteiger partial charge < -0.3 is 4.90 Å². The molecular formula is C10H12Cl2N2OS. The van der Waals surface area contributed by atoms with Gasteiger partial charge in [-0.1, -0.05) is 23.2 Å². The van der Waals surface area contributed by atoms with Crippen LogP contribution in [0.2, 0.25) is 10.3 Å². The number of thioether (sulfide) groups is 1. The molecule has 0 atom stereocenters. The molecule has 0 aliphatic carbocycles. The van der Waals surface area contributed by atoms with E-state index < -0.39 is 0 Å². The van der Waals surface area contributed by atoms with Gasteiger partial charge in [-0.2, -0.15) is 11.8 Å². The van der Waals surface area contributed by atoms with Crippen molar-refractivity contribution >= 4 is 40.9 Å². The molecule has 0 bridgehead atoms. The molecule has 1 aromatic rings. The van der Waals surface area contributed by atoms with Gasteiger partial charge in [-0.25, -0.2) is 4.98 Å². The van der Waals surface area contributed by atoms with Crippen molar-refractivity contribution in [2.45, 2.75) is 0 Å². The van der Waals surface area contributed by atoms with E-state index in [1.807, 2.05) is 6.26 Å². The average Bonchev–Trinajstić information content (AvgIpc) is 2.25. The molecule has 0 saturated carbocycles. The van der Waals surface area contributed by atoms with Crippen molar-refractivity contribution in [2.75, 3.05) is 25.6 Å². The maximum Gasteiger partial charge on any atom is 0.256 e. The summed E-state index contributed by atoms with van der Waals surface area (Å²) in [6, 6.07) is 3.15. The second-order valence-corrected chi connectivity index (χ2v) is 4.92. The van der Waals surface area contributed by atoms with Crippen LogP contribution >= 0.6 is 35.0 Å². The van der Waals surface area contributed by atoms with Crippen LogP contribution in [0.25, 0.3) is 0 Å². The summed E-state index contributed by atoms with van der Waals surface area (Å²) in [7, 11) is 1.74. The minimum Gasteiger partial charge on any atom is -0.341 e. The van der Waals surface area contributed by atoms with Crippen molar-refractivity contribution in [3.05, 3.63) is 28.0 Å². The van der Waals surface area contributed by atoms with Crippen LogP contribution in [0.1, 0.15) is 10.4 Å². The zero-order valence-electron chi connectivity index (χ0n) is 9.04. The van der Waals surface area contributed by atoms with E-state index in [0.29, 0.717) is 12.1 Å². The molecule has 0 saturated heterocycles. The molecule has 1 heterocycles. The second-order valence-electron chi connectivity index (χ2n) is 3.19. The molecule has 6 heteroatoms. The first-order chi connectivity index (χ1) is 7.56. The van der Waals surface area contributed by atoms with Crippen LogP contribution in [-0.4, -0.2) is 41.4 Å². The molecule has 0 unspecified atom stereocenters. The van der Waals surface area contributed by atoms with Crippen LogP contribution < -0.4 is 0 Å². The van der Waals surface area contributed by atoms with Gasteiger partial charge >= 0.3 is 0 Å². The van der Waals surface area contributed by atoms with E-state index in [1.54, 1.807) is 35.8 Å². The lowest BCUT2D eigenvalue weighted by Gasteiger charge is -2.16. The van der Waals surface area contributed by atoms with Gasteiger partial charge in [-0.3, -0.25) is 4.79 Å². The molecule has 0 N–H and O–H groups in total. The third-order valence-corrected chi connectivity index (χ3v) is 3.11. The van der Waals surface area contributed by atoms with Crippen LogP contribution in [0.15, 0.2) is 12.1 Å². The Morgan fingerprint density at radius 2 is 2.19 bits per heavy atom. The van der Waals surface area contributed by atoms with E-state index in [1.165, 1.54) is 0 Å². The summed E-state index contributed by atoms with van der Waals surface area (Å²) < 4.78 is 0. The lowest BCUT2D eigenvalue weighted by molar-refractivity contribution is 0.0803. The maximum atomic E-state index is 11.9. The predicted octanol–water partition coefficient (Wildman–Crippen LogP) is 2.82. The molecule has 1 rings (SSSR count). The van der Waals surface area contributed by atoms with Gasteiger partial charge in [0.15, 0.2) is 0 Å². The quantitative estimate of drug-likeness (QED) is 0.795. The number of hydrogen-bond donors (Lipinski definition) is 0. The molecule has 0 spiro atoms. The molecule has 88 valence electrons. The maximum absolute atomic E-state index is 11.9. The topological polar surface area (TPSA) is 33.2 Å². The van der Waals surface area contributed by atoms with Crippen LogP contribution in [0.3, 0.4) is 0 Å². The number of nitrogens with zero attached hydrogens (tertiary/aromatic N) is 2. The monoisotopic (exact) mass is 278 g/mol. The molecule has 3 nitrogen and oxygen atoms in total.